The van der Waals surface area contributed by atoms with Crippen LogP contribution in [0.1, 0.15) is 47.2 Å². The molecule has 1 aromatic rings. The number of hydrogen-bond acceptors (Lipinski definition) is 6. The first-order valence-corrected chi connectivity index (χ1v) is 10.9. The van der Waals surface area contributed by atoms with Crippen LogP contribution in [0.15, 0.2) is 35.6 Å². The molecule has 168 valence electrons. The number of aryl methyl sites for hydroxylation is 2. The molecular weight excluding hydrogens is 390 g/mol. The van der Waals surface area contributed by atoms with Crippen molar-refractivity contribution in [3.05, 3.63) is 52.2 Å². The fourth-order valence-electron chi connectivity index (χ4n) is 4.38. The number of likely N-dealkylation sites (tertiary alicyclic amines) is 1. The van der Waals surface area contributed by atoms with Crippen LogP contribution in [-0.2, 0) is 4.74 Å². The molecule has 1 aliphatic carbocycles. The minimum Gasteiger partial charge on any atom is -0.395 e. The first-order valence-electron chi connectivity index (χ1n) is 10.9. The third kappa shape index (κ3) is 6.19. The van der Waals surface area contributed by atoms with Gasteiger partial charge in [-0.25, -0.2) is 0 Å². The highest BCUT2D eigenvalue weighted by molar-refractivity contribution is 5.80. The molecular formula is C25H35N3O3. The monoisotopic (exact) mass is 425 g/mol. The molecule has 2 aliphatic rings. The van der Waals surface area contributed by atoms with Crippen molar-refractivity contribution in [3.8, 4) is 6.07 Å². The van der Waals surface area contributed by atoms with E-state index >= 15 is 0 Å². The van der Waals surface area contributed by atoms with Crippen LogP contribution in [-0.4, -0.2) is 62.8 Å². The Hall–Kier alpha value is -2.62. The van der Waals surface area contributed by atoms with E-state index in [1.165, 1.54) is 0 Å². The summed E-state index contributed by atoms with van der Waals surface area (Å²) in [5.41, 5.74) is 5.82. The second-order valence-corrected chi connectivity index (χ2v) is 8.07. The van der Waals surface area contributed by atoms with Crippen molar-refractivity contribution in [2.75, 3.05) is 45.4 Å². The summed E-state index contributed by atoms with van der Waals surface area (Å²) in [5, 5.41) is 19.1. The van der Waals surface area contributed by atoms with Gasteiger partial charge in [0.2, 0.25) is 0 Å². The molecule has 1 fully saturated rings. The van der Waals surface area contributed by atoms with Crippen molar-refractivity contribution in [2.24, 2.45) is 0 Å². The van der Waals surface area contributed by atoms with Crippen LogP contribution < -0.4 is 4.90 Å². The summed E-state index contributed by atoms with van der Waals surface area (Å²) in [6.07, 6.45) is 8.84. The van der Waals surface area contributed by atoms with Gasteiger partial charge in [0.1, 0.15) is 6.29 Å². The third-order valence-corrected chi connectivity index (χ3v) is 5.89. The summed E-state index contributed by atoms with van der Waals surface area (Å²) >= 11 is 0. The van der Waals surface area contributed by atoms with E-state index < -0.39 is 0 Å². The summed E-state index contributed by atoms with van der Waals surface area (Å²) in [5.74, 6) is 0. The molecule has 1 aliphatic heterocycles. The smallest absolute Gasteiger partial charge is 0.150 e. The molecule has 1 saturated heterocycles. The van der Waals surface area contributed by atoms with Gasteiger partial charge in [-0.15, -0.1) is 0 Å². The van der Waals surface area contributed by atoms with Gasteiger partial charge in [-0.3, -0.25) is 4.79 Å². The lowest BCUT2D eigenvalue weighted by molar-refractivity contribution is 0.112. The number of aliphatic hydroxyl groups excluding tert-OH is 1. The maximum atomic E-state index is 11.4. The summed E-state index contributed by atoms with van der Waals surface area (Å²) < 4.78 is 4.25. The van der Waals surface area contributed by atoms with Crippen molar-refractivity contribution < 1.29 is 14.6 Å². The molecule has 1 heterocycles. The standard InChI is InChI=1S/C23H29N3O2.C2H6O/c1-17-13-18(2)23(14-20(17)16-28)26(11-12-27)21-7-9-25(10-8-21)22-6-4-3-5-19(22)15-24;1-3-2/h4,6,13-14,16,21,27H,3,5,7-12H2,1-2H3;1-2H3. The molecule has 0 amide bonds. The zero-order chi connectivity index (χ0) is 22.8. The molecule has 6 heteroatoms. The zero-order valence-corrected chi connectivity index (χ0v) is 19.2. The number of aldehydes is 1. The van der Waals surface area contributed by atoms with Gasteiger partial charge in [0, 0.05) is 51.1 Å². The molecule has 0 atom stereocenters. The Balaban J connectivity index is 0.00000107. The molecule has 0 radical (unpaired) electrons. The van der Waals surface area contributed by atoms with Crippen LogP contribution >= 0.6 is 0 Å². The van der Waals surface area contributed by atoms with E-state index in [9.17, 15) is 15.2 Å². The van der Waals surface area contributed by atoms with Gasteiger partial charge < -0.3 is 19.6 Å². The first-order chi connectivity index (χ1) is 15.0. The Labute approximate surface area is 186 Å². The van der Waals surface area contributed by atoms with Crippen LogP contribution in [0.25, 0.3) is 0 Å². The van der Waals surface area contributed by atoms with Crippen LogP contribution in [0.2, 0.25) is 0 Å². The Morgan fingerprint density at radius 3 is 2.52 bits per heavy atom. The van der Waals surface area contributed by atoms with E-state index in [2.05, 4.69) is 45.7 Å². The zero-order valence-electron chi connectivity index (χ0n) is 19.2. The number of methoxy groups -OCH3 is 1. The third-order valence-electron chi connectivity index (χ3n) is 5.89. The predicted molar refractivity (Wildman–Crippen MR) is 124 cm³/mol. The minimum absolute atomic E-state index is 0.0798. The molecule has 0 saturated carbocycles. The predicted octanol–water partition coefficient (Wildman–Crippen LogP) is 3.77. The van der Waals surface area contributed by atoms with Crippen LogP contribution in [0.3, 0.4) is 0 Å². The Morgan fingerprint density at radius 2 is 1.94 bits per heavy atom. The number of allylic oxidation sites excluding steroid dienone is 3. The van der Waals surface area contributed by atoms with Gasteiger partial charge in [-0.1, -0.05) is 12.1 Å². The van der Waals surface area contributed by atoms with Crippen molar-refractivity contribution in [1.29, 1.82) is 5.26 Å². The molecule has 6 nitrogen and oxygen atoms in total. The van der Waals surface area contributed by atoms with E-state index in [4.69, 9.17) is 0 Å². The fourth-order valence-corrected chi connectivity index (χ4v) is 4.38. The number of carbonyl (C=O) groups is 1. The average Bonchev–Trinajstić information content (AvgIpc) is 2.79. The summed E-state index contributed by atoms with van der Waals surface area (Å²) in [4.78, 5) is 16.0. The van der Waals surface area contributed by atoms with Crippen molar-refractivity contribution in [2.45, 2.75) is 45.6 Å². The largest absolute Gasteiger partial charge is 0.395 e. The van der Waals surface area contributed by atoms with Gasteiger partial charge in [0.05, 0.1) is 23.9 Å². The van der Waals surface area contributed by atoms with Crippen molar-refractivity contribution in [3.63, 3.8) is 0 Å². The number of nitrogens with zero attached hydrogens (tertiary/aromatic N) is 3. The number of hydrogen-bond donors (Lipinski definition) is 1. The second-order valence-electron chi connectivity index (χ2n) is 8.07. The van der Waals surface area contributed by atoms with Gasteiger partial charge in [-0.2, -0.15) is 5.26 Å². The lowest BCUT2D eigenvalue weighted by atomic mass is 9.96. The Kier molecular flexibility index (Phi) is 9.77. The molecule has 0 spiro atoms. The second kappa shape index (κ2) is 12.3. The molecule has 0 unspecified atom stereocenters. The molecule has 3 rings (SSSR count). The van der Waals surface area contributed by atoms with Crippen molar-refractivity contribution >= 4 is 12.0 Å². The highest BCUT2D eigenvalue weighted by atomic mass is 16.4. The van der Waals surface area contributed by atoms with E-state index in [0.29, 0.717) is 18.2 Å². The molecule has 1 aromatic carbocycles. The number of nitriles is 1. The number of anilines is 1. The normalized spacial score (nSPS) is 16.5. The van der Waals surface area contributed by atoms with Crippen LogP contribution in [0, 0.1) is 25.2 Å². The van der Waals surface area contributed by atoms with Gasteiger partial charge in [0.15, 0.2) is 0 Å². The highest BCUT2D eigenvalue weighted by Crippen LogP contribution is 2.31. The summed E-state index contributed by atoms with van der Waals surface area (Å²) in [7, 11) is 3.25. The number of piperidine rings is 1. The SMILES string of the molecule is COC.Cc1cc(C)c(N(CCO)C2CCN(C3=C(C#N)CCC=C3)CC2)cc1C=O. The minimum atomic E-state index is 0.0798. The summed E-state index contributed by atoms with van der Waals surface area (Å²) in [6, 6.07) is 6.68. The number of ether oxygens (including phenoxy) is 1. The lowest BCUT2D eigenvalue weighted by Crippen LogP contribution is -2.46. The Morgan fingerprint density at radius 1 is 1.26 bits per heavy atom. The molecule has 0 aromatic heterocycles. The topological polar surface area (TPSA) is 76.8 Å². The number of benzene rings is 1. The maximum absolute atomic E-state index is 11.4. The van der Waals surface area contributed by atoms with E-state index in [-0.39, 0.29) is 6.61 Å². The number of rotatable bonds is 6. The molecule has 31 heavy (non-hydrogen) atoms. The van der Waals surface area contributed by atoms with Crippen molar-refractivity contribution in [1.82, 2.24) is 4.90 Å². The fraction of sp³-hybridized carbons (Fsp3) is 0.520. The number of aliphatic hydroxyl groups is 1. The van der Waals surface area contributed by atoms with E-state index in [1.807, 2.05) is 13.0 Å². The molecule has 0 bridgehead atoms. The highest BCUT2D eigenvalue weighted by Gasteiger charge is 2.27. The van der Waals surface area contributed by atoms with E-state index in [0.717, 1.165) is 73.1 Å². The first kappa shape index (κ1) is 24.6. The van der Waals surface area contributed by atoms with Crippen LogP contribution in [0.5, 0.6) is 0 Å². The summed E-state index contributed by atoms with van der Waals surface area (Å²) in [6.45, 7) is 6.43. The maximum Gasteiger partial charge on any atom is 0.150 e. The van der Waals surface area contributed by atoms with E-state index in [1.54, 1.807) is 14.2 Å². The quantitative estimate of drug-likeness (QED) is 0.699. The molecule has 1 N–H and O–H groups in total. The average molecular weight is 426 g/mol. The van der Waals surface area contributed by atoms with Gasteiger partial charge in [0.25, 0.3) is 0 Å². The Bertz CT molecular complexity index is 846. The van der Waals surface area contributed by atoms with Gasteiger partial charge in [-0.05, 0) is 62.8 Å². The lowest BCUT2D eigenvalue weighted by Gasteiger charge is -2.42. The van der Waals surface area contributed by atoms with Gasteiger partial charge >= 0.3 is 0 Å². The number of carbonyl (C=O) groups excluding carboxylic acids is 1. The van der Waals surface area contributed by atoms with Crippen LogP contribution in [0.4, 0.5) is 5.69 Å².